The lowest BCUT2D eigenvalue weighted by Crippen LogP contribution is -2.14. The molecular formula is C12H17N3. The second-order valence-electron chi connectivity index (χ2n) is 3.94. The number of nitrogens with one attached hydrogen (secondary N) is 1. The number of aryl methyl sites for hydroxylation is 1. The predicted molar refractivity (Wildman–Crippen MR) is 62.8 cm³/mol. The van der Waals surface area contributed by atoms with Crippen molar-refractivity contribution < 1.29 is 0 Å². The monoisotopic (exact) mass is 203 g/mol. The van der Waals surface area contributed by atoms with Crippen LogP contribution in [0, 0.1) is 19.3 Å². The Morgan fingerprint density at radius 3 is 2.53 bits per heavy atom. The molecule has 0 aliphatic carbocycles. The van der Waals surface area contributed by atoms with E-state index in [0.29, 0.717) is 5.92 Å². The van der Waals surface area contributed by atoms with Gasteiger partial charge in [0.05, 0.1) is 6.04 Å². The first-order valence-electron chi connectivity index (χ1n) is 5.11. The number of hydrogen-bond acceptors (Lipinski definition) is 3. The standard InChI is InChI=1S/C12H17N3/c1-6-9(4)13-11-7-10(5)14-12(15-11)8(2)3/h1,7-9H,2-5H3,(H,13,14,15). The number of anilines is 1. The molecule has 1 atom stereocenters. The van der Waals surface area contributed by atoms with Crippen molar-refractivity contribution >= 4 is 5.82 Å². The number of terminal acetylenes is 1. The van der Waals surface area contributed by atoms with Crippen molar-refractivity contribution in [3.8, 4) is 12.3 Å². The Morgan fingerprint density at radius 2 is 2.00 bits per heavy atom. The minimum absolute atomic E-state index is 0.0145. The SMILES string of the molecule is C#CC(C)Nc1cc(C)nc(C(C)C)n1. The molecule has 15 heavy (non-hydrogen) atoms. The Hall–Kier alpha value is -1.56. The van der Waals surface area contributed by atoms with Crippen LogP contribution in [0.5, 0.6) is 0 Å². The van der Waals surface area contributed by atoms with E-state index < -0.39 is 0 Å². The Bertz CT molecular complexity index is 377. The Balaban J connectivity index is 2.95. The maximum absolute atomic E-state index is 5.30. The van der Waals surface area contributed by atoms with Crippen molar-refractivity contribution in [1.29, 1.82) is 0 Å². The number of nitrogens with zero attached hydrogens (tertiary/aromatic N) is 2. The van der Waals surface area contributed by atoms with Crippen LogP contribution in [0.4, 0.5) is 5.82 Å². The van der Waals surface area contributed by atoms with E-state index in [-0.39, 0.29) is 6.04 Å². The van der Waals surface area contributed by atoms with Gasteiger partial charge in [-0.05, 0) is 13.8 Å². The normalized spacial score (nSPS) is 12.3. The molecule has 0 fully saturated rings. The van der Waals surface area contributed by atoms with Crippen LogP contribution < -0.4 is 5.32 Å². The third-order valence-corrected chi connectivity index (χ3v) is 2.00. The fourth-order valence-corrected chi connectivity index (χ4v) is 1.19. The number of rotatable bonds is 3. The van der Waals surface area contributed by atoms with Gasteiger partial charge in [0, 0.05) is 17.7 Å². The summed E-state index contributed by atoms with van der Waals surface area (Å²) in [5, 5.41) is 3.14. The molecule has 0 saturated heterocycles. The molecule has 0 amide bonds. The summed E-state index contributed by atoms with van der Waals surface area (Å²) < 4.78 is 0. The third-order valence-electron chi connectivity index (χ3n) is 2.00. The average molecular weight is 203 g/mol. The molecule has 3 heteroatoms. The summed E-state index contributed by atoms with van der Waals surface area (Å²) in [5.41, 5.74) is 0.959. The van der Waals surface area contributed by atoms with Gasteiger partial charge in [-0.15, -0.1) is 6.42 Å². The molecule has 1 aromatic rings. The highest BCUT2D eigenvalue weighted by atomic mass is 15.0. The molecule has 0 spiro atoms. The maximum atomic E-state index is 5.30. The van der Waals surface area contributed by atoms with Gasteiger partial charge in [-0.2, -0.15) is 0 Å². The molecule has 1 heterocycles. The van der Waals surface area contributed by atoms with E-state index in [9.17, 15) is 0 Å². The molecule has 1 rings (SSSR count). The number of hydrogen-bond donors (Lipinski definition) is 1. The topological polar surface area (TPSA) is 37.8 Å². The van der Waals surface area contributed by atoms with Gasteiger partial charge in [-0.3, -0.25) is 0 Å². The third kappa shape index (κ3) is 3.25. The minimum atomic E-state index is -0.0145. The van der Waals surface area contributed by atoms with Crippen molar-refractivity contribution in [2.75, 3.05) is 5.32 Å². The summed E-state index contributed by atoms with van der Waals surface area (Å²) in [6.45, 7) is 8.03. The highest BCUT2D eigenvalue weighted by Crippen LogP contribution is 2.13. The van der Waals surface area contributed by atoms with Crippen molar-refractivity contribution in [1.82, 2.24) is 9.97 Å². The number of aromatic nitrogens is 2. The van der Waals surface area contributed by atoms with E-state index in [1.807, 2.05) is 19.9 Å². The lowest BCUT2D eigenvalue weighted by Gasteiger charge is -2.11. The molecule has 3 nitrogen and oxygen atoms in total. The van der Waals surface area contributed by atoms with Crippen LogP contribution in [-0.2, 0) is 0 Å². The molecule has 0 aromatic carbocycles. The molecule has 0 aliphatic heterocycles. The first kappa shape index (κ1) is 11.5. The Kier molecular flexibility index (Phi) is 3.68. The van der Waals surface area contributed by atoms with Gasteiger partial charge in [0.2, 0.25) is 0 Å². The van der Waals surface area contributed by atoms with Gasteiger partial charge in [0.1, 0.15) is 11.6 Å². The predicted octanol–water partition coefficient (Wildman–Crippen LogP) is 2.34. The first-order valence-corrected chi connectivity index (χ1v) is 5.11. The molecular weight excluding hydrogens is 186 g/mol. The smallest absolute Gasteiger partial charge is 0.133 e. The van der Waals surface area contributed by atoms with Crippen LogP contribution in [0.3, 0.4) is 0 Å². The molecule has 0 radical (unpaired) electrons. The van der Waals surface area contributed by atoms with Crippen molar-refractivity contribution in [2.24, 2.45) is 0 Å². The van der Waals surface area contributed by atoms with Gasteiger partial charge in [0.25, 0.3) is 0 Å². The van der Waals surface area contributed by atoms with Crippen molar-refractivity contribution in [2.45, 2.75) is 39.7 Å². The van der Waals surface area contributed by atoms with E-state index in [1.54, 1.807) is 0 Å². The summed E-state index contributed by atoms with van der Waals surface area (Å²) in [4.78, 5) is 8.77. The fourth-order valence-electron chi connectivity index (χ4n) is 1.19. The van der Waals surface area contributed by atoms with Crippen LogP contribution in [0.25, 0.3) is 0 Å². The van der Waals surface area contributed by atoms with Gasteiger partial charge in [-0.1, -0.05) is 19.8 Å². The first-order chi connectivity index (χ1) is 7.02. The summed E-state index contributed by atoms with van der Waals surface area (Å²) in [6.07, 6.45) is 5.30. The highest BCUT2D eigenvalue weighted by Gasteiger charge is 2.06. The largest absolute Gasteiger partial charge is 0.357 e. The minimum Gasteiger partial charge on any atom is -0.357 e. The molecule has 0 saturated carbocycles. The lowest BCUT2D eigenvalue weighted by molar-refractivity contribution is 0.765. The van der Waals surface area contributed by atoms with Gasteiger partial charge in [0.15, 0.2) is 0 Å². The molecule has 80 valence electrons. The summed E-state index contributed by atoms with van der Waals surface area (Å²) in [6, 6.07) is 1.89. The van der Waals surface area contributed by atoms with Crippen LogP contribution >= 0.6 is 0 Å². The summed E-state index contributed by atoms with van der Waals surface area (Å²) in [7, 11) is 0. The van der Waals surface area contributed by atoms with Crippen LogP contribution in [0.1, 0.15) is 38.2 Å². The van der Waals surface area contributed by atoms with E-state index in [1.165, 1.54) is 0 Å². The molecule has 1 unspecified atom stereocenters. The van der Waals surface area contributed by atoms with E-state index in [0.717, 1.165) is 17.3 Å². The fraction of sp³-hybridized carbons (Fsp3) is 0.500. The summed E-state index contributed by atoms with van der Waals surface area (Å²) >= 11 is 0. The van der Waals surface area contributed by atoms with E-state index in [4.69, 9.17) is 6.42 Å². The van der Waals surface area contributed by atoms with Gasteiger partial charge >= 0.3 is 0 Å². The van der Waals surface area contributed by atoms with Crippen molar-refractivity contribution in [3.63, 3.8) is 0 Å². The molecule has 1 N–H and O–H groups in total. The van der Waals surface area contributed by atoms with E-state index in [2.05, 4.69) is 35.1 Å². The van der Waals surface area contributed by atoms with E-state index >= 15 is 0 Å². The second kappa shape index (κ2) is 4.79. The lowest BCUT2D eigenvalue weighted by atomic mass is 10.2. The molecule has 1 aromatic heterocycles. The zero-order chi connectivity index (χ0) is 11.4. The Morgan fingerprint density at radius 1 is 1.33 bits per heavy atom. The zero-order valence-electron chi connectivity index (χ0n) is 9.70. The van der Waals surface area contributed by atoms with Gasteiger partial charge < -0.3 is 5.32 Å². The molecule has 0 bridgehead atoms. The zero-order valence-corrected chi connectivity index (χ0v) is 9.70. The summed E-state index contributed by atoms with van der Waals surface area (Å²) in [5.74, 6) is 4.59. The quantitative estimate of drug-likeness (QED) is 0.766. The molecule has 0 aliphatic rings. The Labute approximate surface area is 91.3 Å². The van der Waals surface area contributed by atoms with Crippen LogP contribution in [0.15, 0.2) is 6.07 Å². The van der Waals surface area contributed by atoms with Gasteiger partial charge in [-0.25, -0.2) is 9.97 Å². The van der Waals surface area contributed by atoms with Crippen LogP contribution in [0.2, 0.25) is 0 Å². The highest BCUT2D eigenvalue weighted by molar-refractivity contribution is 5.39. The maximum Gasteiger partial charge on any atom is 0.133 e. The second-order valence-corrected chi connectivity index (χ2v) is 3.94. The average Bonchev–Trinajstić information content (AvgIpc) is 2.16. The van der Waals surface area contributed by atoms with Crippen molar-refractivity contribution in [3.05, 3.63) is 17.6 Å². The van der Waals surface area contributed by atoms with Crippen LogP contribution in [-0.4, -0.2) is 16.0 Å².